The highest BCUT2D eigenvalue weighted by molar-refractivity contribution is 7.86. The number of hydrogen-bond donors (Lipinski definition) is 1. The standard InChI is InChI=1S/C16H31NOS/c1-3-11-17-15-9-4-5-10-16(15)19(18)14-8-6-7-13(2)12-14/h13-17H,3-12H2,1-2H3. The lowest BCUT2D eigenvalue weighted by molar-refractivity contribution is 0.363. The maximum absolute atomic E-state index is 12.9. The summed E-state index contributed by atoms with van der Waals surface area (Å²) < 4.78 is 12.9. The van der Waals surface area contributed by atoms with E-state index in [9.17, 15) is 4.21 Å². The molecule has 0 aliphatic heterocycles. The van der Waals surface area contributed by atoms with E-state index in [4.69, 9.17) is 0 Å². The van der Waals surface area contributed by atoms with Gasteiger partial charge in [0, 0.05) is 22.1 Å². The molecule has 112 valence electrons. The fraction of sp³-hybridized carbons (Fsp3) is 1.00. The summed E-state index contributed by atoms with van der Waals surface area (Å²) in [5.74, 6) is 0.786. The Labute approximate surface area is 121 Å². The molecule has 2 nitrogen and oxygen atoms in total. The van der Waals surface area contributed by atoms with Crippen molar-refractivity contribution in [2.45, 2.75) is 88.2 Å². The van der Waals surface area contributed by atoms with Crippen molar-refractivity contribution < 1.29 is 4.21 Å². The molecule has 2 aliphatic rings. The molecule has 3 heteroatoms. The van der Waals surface area contributed by atoms with Crippen LogP contribution in [0.1, 0.15) is 71.6 Å². The minimum Gasteiger partial charge on any atom is -0.313 e. The van der Waals surface area contributed by atoms with E-state index in [1.54, 1.807) is 0 Å². The van der Waals surface area contributed by atoms with E-state index >= 15 is 0 Å². The number of hydrogen-bond acceptors (Lipinski definition) is 2. The topological polar surface area (TPSA) is 29.1 Å². The van der Waals surface area contributed by atoms with Crippen LogP contribution in [0, 0.1) is 5.92 Å². The van der Waals surface area contributed by atoms with Gasteiger partial charge in [0.2, 0.25) is 0 Å². The molecule has 2 saturated carbocycles. The predicted molar refractivity (Wildman–Crippen MR) is 83.9 cm³/mol. The normalized spacial score (nSPS) is 38.0. The quantitative estimate of drug-likeness (QED) is 0.836. The van der Waals surface area contributed by atoms with Crippen molar-refractivity contribution >= 4 is 10.8 Å². The van der Waals surface area contributed by atoms with Crippen molar-refractivity contribution in [3.8, 4) is 0 Å². The zero-order valence-electron chi connectivity index (χ0n) is 12.7. The van der Waals surface area contributed by atoms with Gasteiger partial charge in [-0.05, 0) is 44.6 Å². The van der Waals surface area contributed by atoms with Gasteiger partial charge in [0.1, 0.15) is 0 Å². The Balaban J connectivity index is 1.94. The van der Waals surface area contributed by atoms with Crippen molar-refractivity contribution in [1.82, 2.24) is 5.32 Å². The van der Waals surface area contributed by atoms with Gasteiger partial charge in [0.05, 0.1) is 5.25 Å². The minimum atomic E-state index is -0.610. The summed E-state index contributed by atoms with van der Waals surface area (Å²) in [6.45, 7) is 5.63. The third-order valence-corrected chi connectivity index (χ3v) is 7.12. The SMILES string of the molecule is CCCNC1CCCCC1S(=O)C1CCCC(C)C1. The van der Waals surface area contributed by atoms with Crippen molar-refractivity contribution in [2.24, 2.45) is 5.92 Å². The molecule has 0 aromatic heterocycles. The van der Waals surface area contributed by atoms with Crippen molar-refractivity contribution in [2.75, 3.05) is 6.54 Å². The molecule has 0 aromatic carbocycles. The molecule has 5 unspecified atom stereocenters. The molecule has 1 N–H and O–H groups in total. The summed E-state index contributed by atoms with van der Waals surface area (Å²) in [6, 6.07) is 0.520. The second kappa shape index (κ2) is 7.78. The van der Waals surface area contributed by atoms with Crippen LogP contribution in [0.3, 0.4) is 0 Å². The zero-order chi connectivity index (χ0) is 13.7. The van der Waals surface area contributed by atoms with Gasteiger partial charge in [-0.2, -0.15) is 0 Å². The zero-order valence-corrected chi connectivity index (χ0v) is 13.5. The molecule has 2 fully saturated rings. The fourth-order valence-electron chi connectivity index (χ4n) is 3.77. The monoisotopic (exact) mass is 285 g/mol. The molecule has 5 atom stereocenters. The van der Waals surface area contributed by atoms with Crippen LogP contribution in [0.15, 0.2) is 0 Å². The summed E-state index contributed by atoms with van der Waals surface area (Å²) in [5.41, 5.74) is 0. The molecule has 0 heterocycles. The molecular formula is C16H31NOS. The Hall–Kier alpha value is 0.110. The van der Waals surface area contributed by atoms with Crippen LogP contribution in [0.5, 0.6) is 0 Å². The average molecular weight is 285 g/mol. The highest BCUT2D eigenvalue weighted by Crippen LogP contribution is 2.32. The maximum atomic E-state index is 12.9. The van der Waals surface area contributed by atoms with Gasteiger partial charge in [-0.1, -0.05) is 39.5 Å². The highest BCUT2D eigenvalue weighted by Gasteiger charge is 2.34. The van der Waals surface area contributed by atoms with E-state index in [0.717, 1.165) is 12.5 Å². The smallest absolute Gasteiger partial charge is 0.0504 e. The number of rotatable bonds is 5. The van der Waals surface area contributed by atoms with Gasteiger partial charge in [0.25, 0.3) is 0 Å². The van der Waals surface area contributed by atoms with Crippen LogP contribution < -0.4 is 5.32 Å². The molecule has 0 amide bonds. The van der Waals surface area contributed by atoms with Crippen LogP contribution in [-0.2, 0) is 10.8 Å². The largest absolute Gasteiger partial charge is 0.313 e. The molecule has 19 heavy (non-hydrogen) atoms. The maximum Gasteiger partial charge on any atom is 0.0504 e. The first-order chi connectivity index (χ1) is 9.22. The Kier molecular flexibility index (Phi) is 6.34. The van der Waals surface area contributed by atoms with Gasteiger partial charge < -0.3 is 5.32 Å². The summed E-state index contributed by atoms with van der Waals surface area (Å²) in [5, 5.41) is 4.57. The Morgan fingerprint density at radius 2 is 1.89 bits per heavy atom. The fourth-order valence-corrected chi connectivity index (χ4v) is 6.14. The number of nitrogens with one attached hydrogen (secondary N) is 1. The van der Waals surface area contributed by atoms with E-state index < -0.39 is 10.8 Å². The lowest BCUT2D eigenvalue weighted by Gasteiger charge is -2.36. The molecule has 0 radical (unpaired) electrons. The van der Waals surface area contributed by atoms with Crippen molar-refractivity contribution in [3.63, 3.8) is 0 Å². The van der Waals surface area contributed by atoms with Crippen LogP contribution in [0.2, 0.25) is 0 Å². The van der Waals surface area contributed by atoms with Gasteiger partial charge >= 0.3 is 0 Å². The first-order valence-electron chi connectivity index (χ1n) is 8.35. The van der Waals surface area contributed by atoms with E-state index in [0.29, 0.717) is 16.5 Å². The van der Waals surface area contributed by atoms with Gasteiger partial charge in [-0.25, -0.2) is 0 Å². The van der Waals surface area contributed by atoms with E-state index in [1.165, 1.54) is 57.8 Å². The van der Waals surface area contributed by atoms with E-state index in [2.05, 4.69) is 19.2 Å². The third-order valence-electron chi connectivity index (χ3n) is 4.87. The van der Waals surface area contributed by atoms with Crippen LogP contribution in [0.25, 0.3) is 0 Å². The van der Waals surface area contributed by atoms with Gasteiger partial charge in [0.15, 0.2) is 0 Å². The highest BCUT2D eigenvalue weighted by atomic mass is 32.2. The Bertz CT molecular complexity index is 294. The van der Waals surface area contributed by atoms with Crippen LogP contribution in [0.4, 0.5) is 0 Å². The van der Waals surface area contributed by atoms with E-state index in [-0.39, 0.29) is 0 Å². The molecule has 0 saturated heterocycles. The molecule has 0 spiro atoms. The second-order valence-electron chi connectivity index (χ2n) is 6.61. The summed E-state index contributed by atoms with van der Waals surface area (Å²) in [7, 11) is -0.610. The Morgan fingerprint density at radius 1 is 1.11 bits per heavy atom. The molecule has 2 aliphatic carbocycles. The minimum absolute atomic E-state index is 0.426. The van der Waals surface area contributed by atoms with Crippen LogP contribution >= 0.6 is 0 Å². The summed E-state index contributed by atoms with van der Waals surface area (Å²) in [6.07, 6.45) is 11.2. The molecule has 0 bridgehead atoms. The van der Waals surface area contributed by atoms with Crippen molar-refractivity contribution in [3.05, 3.63) is 0 Å². The third kappa shape index (κ3) is 4.29. The average Bonchev–Trinajstić information content (AvgIpc) is 2.44. The Morgan fingerprint density at radius 3 is 2.63 bits per heavy atom. The lowest BCUT2D eigenvalue weighted by atomic mass is 9.90. The van der Waals surface area contributed by atoms with E-state index in [1.807, 2.05) is 0 Å². The second-order valence-corrected chi connectivity index (χ2v) is 8.54. The molecular weight excluding hydrogens is 254 g/mol. The molecule has 0 aromatic rings. The molecule has 2 rings (SSSR count). The predicted octanol–water partition coefficient (Wildman–Crippen LogP) is 3.62. The first-order valence-corrected chi connectivity index (χ1v) is 9.62. The first kappa shape index (κ1) is 15.5. The lowest BCUT2D eigenvalue weighted by Crippen LogP contribution is -2.47. The van der Waals surface area contributed by atoms with Crippen molar-refractivity contribution in [1.29, 1.82) is 0 Å². The van der Waals surface area contributed by atoms with Gasteiger partial charge in [-0.3, -0.25) is 4.21 Å². The van der Waals surface area contributed by atoms with Gasteiger partial charge in [-0.15, -0.1) is 0 Å². The van der Waals surface area contributed by atoms with Crippen LogP contribution in [-0.4, -0.2) is 27.3 Å². The summed E-state index contributed by atoms with van der Waals surface area (Å²) >= 11 is 0. The summed E-state index contributed by atoms with van der Waals surface area (Å²) in [4.78, 5) is 0.